The average molecular weight is 422 g/mol. The standard InChI is InChI=1S/C19H27N5O4S/c1-10-8-23(9-11(2)27-10)17(26)14(5)28-16(25)7-15-12(3)20-18-21-19(29-6)22-24(18)13(15)4/h10-11,14H,7-9H2,1-6H3. The lowest BCUT2D eigenvalue weighted by Crippen LogP contribution is -2.51. The molecule has 1 aliphatic rings. The second-order valence-electron chi connectivity index (χ2n) is 7.38. The van der Waals surface area contributed by atoms with E-state index in [1.54, 1.807) is 16.3 Å². The highest BCUT2D eigenvalue weighted by molar-refractivity contribution is 7.98. The second kappa shape index (κ2) is 8.66. The zero-order valence-corrected chi connectivity index (χ0v) is 18.4. The molecule has 3 atom stereocenters. The van der Waals surface area contributed by atoms with Crippen LogP contribution < -0.4 is 0 Å². The molecule has 2 aromatic heterocycles. The largest absolute Gasteiger partial charge is 0.452 e. The Hall–Kier alpha value is -2.20. The van der Waals surface area contributed by atoms with E-state index in [0.717, 1.165) is 11.3 Å². The summed E-state index contributed by atoms with van der Waals surface area (Å²) in [6.45, 7) is 10.1. The van der Waals surface area contributed by atoms with Crippen molar-refractivity contribution in [1.29, 1.82) is 0 Å². The fourth-order valence-electron chi connectivity index (χ4n) is 3.58. The second-order valence-corrected chi connectivity index (χ2v) is 8.15. The van der Waals surface area contributed by atoms with Crippen LogP contribution in [-0.4, -0.2) is 74.0 Å². The summed E-state index contributed by atoms with van der Waals surface area (Å²) in [6.07, 6.45) is 0.975. The number of amides is 1. The Labute approximate surface area is 174 Å². The lowest BCUT2D eigenvalue weighted by atomic mass is 10.1. The summed E-state index contributed by atoms with van der Waals surface area (Å²) in [5.74, 6) is -0.179. The number of carbonyl (C=O) groups is 2. The predicted octanol–water partition coefficient (Wildman–Crippen LogP) is 1.57. The lowest BCUT2D eigenvalue weighted by Gasteiger charge is -2.36. The van der Waals surface area contributed by atoms with Crippen molar-refractivity contribution in [2.75, 3.05) is 19.3 Å². The molecule has 1 saturated heterocycles. The summed E-state index contributed by atoms with van der Waals surface area (Å²) >= 11 is 1.43. The molecule has 0 N–H and O–H groups in total. The summed E-state index contributed by atoms with van der Waals surface area (Å²) in [7, 11) is 0. The van der Waals surface area contributed by atoms with Crippen LogP contribution in [0, 0.1) is 13.8 Å². The number of carbonyl (C=O) groups excluding carboxylic acids is 2. The van der Waals surface area contributed by atoms with E-state index in [9.17, 15) is 9.59 Å². The van der Waals surface area contributed by atoms with Gasteiger partial charge in [-0.1, -0.05) is 11.8 Å². The number of fused-ring (bicyclic) bond motifs is 1. The molecule has 0 aliphatic carbocycles. The maximum Gasteiger partial charge on any atom is 0.311 e. The Morgan fingerprint density at radius 2 is 1.90 bits per heavy atom. The molecule has 10 heteroatoms. The van der Waals surface area contributed by atoms with Crippen molar-refractivity contribution in [3.05, 3.63) is 17.0 Å². The fraction of sp³-hybridized carbons (Fsp3) is 0.632. The number of nitrogens with zero attached hydrogens (tertiary/aromatic N) is 5. The van der Waals surface area contributed by atoms with Gasteiger partial charge in [-0.25, -0.2) is 9.50 Å². The number of aryl methyl sites for hydroxylation is 2. The Morgan fingerprint density at radius 1 is 1.24 bits per heavy atom. The van der Waals surface area contributed by atoms with E-state index in [1.807, 2.05) is 34.0 Å². The van der Waals surface area contributed by atoms with Gasteiger partial charge in [0.1, 0.15) is 0 Å². The molecule has 29 heavy (non-hydrogen) atoms. The van der Waals surface area contributed by atoms with Crippen LogP contribution >= 0.6 is 11.8 Å². The van der Waals surface area contributed by atoms with Crippen LogP contribution in [0.3, 0.4) is 0 Å². The van der Waals surface area contributed by atoms with E-state index >= 15 is 0 Å². The Balaban J connectivity index is 1.69. The van der Waals surface area contributed by atoms with Gasteiger partial charge in [-0.3, -0.25) is 9.59 Å². The number of aromatic nitrogens is 4. The molecule has 0 spiro atoms. The molecule has 9 nitrogen and oxygen atoms in total. The van der Waals surface area contributed by atoms with Crippen molar-refractivity contribution in [3.63, 3.8) is 0 Å². The predicted molar refractivity (Wildman–Crippen MR) is 108 cm³/mol. The van der Waals surface area contributed by atoms with E-state index in [-0.39, 0.29) is 24.5 Å². The van der Waals surface area contributed by atoms with Gasteiger partial charge in [-0.2, -0.15) is 4.98 Å². The van der Waals surface area contributed by atoms with Crippen molar-refractivity contribution in [3.8, 4) is 0 Å². The van der Waals surface area contributed by atoms with Crippen LogP contribution in [0.25, 0.3) is 5.78 Å². The molecule has 0 aromatic carbocycles. The number of rotatable bonds is 5. The molecule has 1 fully saturated rings. The maximum absolute atomic E-state index is 12.7. The molecule has 0 saturated carbocycles. The molecule has 1 amide bonds. The van der Waals surface area contributed by atoms with E-state index in [2.05, 4.69) is 15.1 Å². The summed E-state index contributed by atoms with van der Waals surface area (Å²) in [6, 6.07) is 0. The fourth-order valence-corrected chi connectivity index (χ4v) is 3.92. The minimum atomic E-state index is -0.855. The highest BCUT2D eigenvalue weighted by Gasteiger charge is 2.30. The van der Waals surface area contributed by atoms with E-state index < -0.39 is 12.1 Å². The Bertz CT molecular complexity index is 921. The SMILES string of the molecule is CSc1nc2nc(C)c(CC(=O)OC(C)C(=O)N3CC(C)OC(C)C3)c(C)n2n1. The van der Waals surface area contributed by atoms with Gasteiger partial charge >= 0.3 is 5.97 Å². The van der Waals surface area contributed by atoms with Gasteiger partial charge < -0.3 is 14.4 Å². The quantitative estimate of drug-likeness (QED) is 0.530. The zero-order chi connectivity index (χ0) is 21.3. The first-order valence-corrected chi connectivity index (χ1v) is 10.8. The molecule has 158 valence electrons. The van der Waals surface area contributed by atoms with Gasteiger partial charge in [0.05, 0.1) is 18.6 Å². The number of hydrogen-bond acceptors (Lipinski definition) is 8. The summed E-state index contributed by atoms with van der Waals surface area (Å²) in [5, 5.41) is 5.00. The number of hydrogen-bond donors (Lipinski definition) is 0. The topological polar surface area (TPSA) is 98.9 Å². The van der Waals surface area contributed by atoms with Crippen LogP contribution in [0.5, 0.6) is 0 Å². The first kappa shape index (κ1) is 21.5. The van der Waals surface area contributed by atoms with Crippen LogP contribution in [0.15, 0.2) is 5.16 Å². The molecule has 3 rings (SSSR count). The van der Waals surface area contributed by atoms with Crippen molar-refractivity contribution in [2.24, 2.45) is 0 Å². The average Bonchev–Trinajstić information content (AvgIpc) is 3.06. The van der Waals surface area contributed by atoms with Crippen molar-refractivity contribution in [2.45, 2.75) is 64.5 Å². The molecular formula is C19H27N5O4S. The van der Waals surface area contributed by atoms with Crippen LogP contribution in [0.1, 0.15) is 37.7 Å². The third kappa shape index (κ3) is 4.69. The highest BCUT2D eigenvalue weighted by atomic mass is 32.2. The first-order chi connectivity index (χ1) is 13.7. The van der Waals surface area contributed by atoms with Gasteiger partial charge in [-0.15, -0.1) is 5.10 Å². The molecular weight excluding hydrogens is 394 g/mol. The number of esters is 1. The number of thioether (sulfide) groups is 1. The van der Waals surface area contributed by atoms with Crippen LogP contribution in [0.2, 0.25) is 0 Å². The molecule has 0 bridgehead atoms. The Morgan fingerprint density at radius 3 is 2.52 bits per heavy atom. The molecule has 0 radical (unpaired) electrons. The van der Waals surface area contributed by atoms with Crippen LogP contribution in [-0.2, 0) is 25.5 Å². The van der Waals surface area contributed by atoms with Crippen molar-refractivity contribution in [1.82, 2.24) is 24.5 Å². The van der Waals surface area contributed by atoms with E-state index in [0.29, 0.717) is 29.7 Å². The highest BCUT2D eigenvalue weighted by Crippen LogP contribution is 2.18. The third-order valence-electron chi connectivity index (χ3n) is 4.92. The van der Waals surface area contributed by atoms with E-state index in [4.69, 9.17) is 9.47 Å². The van der Waals surface area contributed by atoms with Gasteiger partial charge in [0.2, 0.25) is 5.16 Å². The van der Waals surface area contributed by atoms with Gasteiger partial charge in [0, 0.05) is 30.0 Å². The molecule has 2 aromatic rings. The lowest BCUT2D eigenvalue weighted by molar-refractivity contribution is -0.164. The van der Waals surface area contributed by atoms with Gasteiger partial charge in [0.25, 0.3) is 11.7 Å². The van der Waals surface area contributed by atoms with Crippen LogP contribution in [0.4, 0.5) is 0 Å². The monoisotopic (exact) mass is 421 g/mol. The van der Waals surface area contributed by atoms with Gasteiger partial charge in [0.15, 0.2) is 6.10 Å². The van der Waals surface area contributed by atoms with Crippen molar-refractivity contribution < 1.29 is 19.1 Å². The summed E-state index contributed by atoms with van der Waals surface area (Å²) < 4.78 is 12.7. The summed E-state index contributed by atoms with van der Waals surface area (Å²) in [4.78, 5) is 35.7. The number of morpholine rings is 1. The molecule has 1 aliphatic heterocycles. The third-order valence-corrected chi connectivity index (χ3v) is 5.46. The van der Waals surface area contributed by atoms with Gasteiger partial charge in [-0.05, 0) is 40.9 Å². The maximum atomic E-state index is 12.7. The molecule has 3 heterocycles. The zero-order valence-electron chi connectivity index (χ0n) is 17.6. The smallest absolute Gasteiger partial charge is 0.311 e. The minimum Gasteiger partial charge on any atom is -0.452 e. The Kier molecular flexibility index (Phi) is 6.42. The molecule has 3 unspecified atom stereocenters. The summed E-state index contributed by atoms with van der Waals surface area (Å²) in [5.41, 5.74) is 2.21. The van der Waals surface area contributed by atoms with Crippen molar-refractivity contribution >= 4 is 29.4 Å². The van der Waals surface area contributed by atoms with E-state index in [1.165, 1.54) is 11.8 Å². The minimum absolute atomic E-state index is 0.0165. The first-order valence-electron chi connectivity index (χ1n) is 9.60. The number of ether oxygens (including phenoxy) is 2. The normalized spacial score (nSPS) is 20.7.